The number of benzene rings is 1. The molecule has 3 aliphatic carbocycles. The van der Waals surface area contributed by atoms with Crippen LogP contribution in [-0.2, 0) is 26.2 Å². The van der Waals surface area contributed by atoms with Crippen LogP contribution in [-0.4, -0.2) is 40.2 Å². The van der Waals surface area contributed by atoms with Crippen molar-refractivity contribution in [3.63, 3.8) is 0 Å². The fourth-order valence-corrected chi connectivity index (χ4v) is 5.97. The fourth-order valence-electron chi connectivity index (χ4n) is 5.97. The quantitative estimate of drug-likeness (QED) is 0.463. The van der Waals surface area contributed by atoms with E-state index in [1.807, 2.05) is 12.1 Å². The van der Waals surface area contributed by atoms with Crippen LogP contribution in [0.15, 0.2) is 24.3 Å². The van der Waals surface area contributed by atoms with Crippen molar-refractivity contribution >= 4 is 5.97 Å². The third-order valence-electron chi connectivity index (χ3n) is 7.06. The van der Waals surface area contributed by atoms with Crippen LogP contribution in [0.1, 0.15) is 30.9 Å². The van der Waals surface area contributed by atoms with Gasteiger partial charge in [-0.3, -0.25) is 0 Å². The first kappa shape index (κ1) is 17.3. The first-order valence-corrected chi connectivity index (χ1v) is 9.60. The molecule has 0 amide bonds. The molecule has 148 valence electrons. The highest BCUT2D eigenvalue weighted by Gasteiger charge is 2.65. The smallest absolute Gasteiger partial charge is 0.475 e. The van der Waals surface area contributed by atoms with Crippen molar-refractivity contribution in [3.05, 3.63) is 40.3 Å². The third kappa shape index (κ3) is 2.20. The number of hydrogen-bond donors (Lipinski definition) is 2. The van der Waals surface area contributed by atoms with Gasteiger partial charge < -0.3 is 14.6 Å². The second-order valence-electron chi connectivity index (χ2n) is 8.29. The summed E-state index contributed by atoms with van der Waals surface area (Å²) >= 11 is 0. The van der Waals surface area contributed by atoms with E-state index in [9.17, 15) is 14.8 Å². The molecule has 5 rings (SSSR count). The van der Waals surface area contributed by atoms with E-state index in [1.165, 1.54) is 5.56 Å². The highest BCUT2D eigenvalue weighted by atomic mass is 17.0. The minimum atomic E-state index is -0.778. The zero-order valence-electron chi connectivity index (χ0n) is 15.4. The highest BCUT2D eigenvalue weighted by molar-refractivity contribution is 5.71. The molecule has 1 saturated carbocycles. The van der Waals surface area contributed by atoms with E-state index in [0.29, 0.717) is 17.6 Å². The van der Waals surface area contributed by atoms with E-state index in [1.54, 1.807) is 6.07 Å². The maximum atomic E-state index is 12.1. The van der Waals surface area contributed by atoms with Crippen molar-refractivity contribution in [2.24, 2.45) is 17.8 Å². The summed E-state index contributed by atoms with van der Waals surface area (Å²) in [5.41, 5.74) is 1.93. The lowest BCUT2D eigenvalue weighted by molar-refractivity contribution is -0.974. The van der Waals surface area contributed by atoms with E-state index in [0.717, 1.165) is 24.8 Å². The summed E-state index contributed by atoms with van der Waals surface area (Å²) < 4.78 is 11.8. The van der Waals surface area contributed by atoms with Gasteiger partial charge in [-0.25, -0.2) is 10.0 Å². The first-order chi connectivity index (χ1) is 13.4. The second kappa shape index (κ2) is 5.86. The monoisotopic (exact) mass is 388 g/mol. The van der Waals surface area contributed by atoms with E-state index in [4.69, 9.17) is 14.7 Å². The van der Waals surface area contributed by atoms with Gasteiger partial charge in [0, 0.05) is 11.0 Å². The van der Waals surface area contributed by atoms with Gasteiger partial charge in [0.1, 0.15) is 11.0 Å². The zero-order chi connectivity index (χ0) is 19.6. The standard InChI is InChI=1S/C20H21NO7/c1-10-6-7-20-13-3-5-15(27-16(23)9-26-21(24)25)19(20)28-18-14(22)4-2-11(17(18)20)8-12(10)13/h2-5,10,12-13,15,19H,6-9H2,1H3,(H-,22,24,25)/p+1/t10-,12+,13?,15+,19+,20+/m1/s1. The van der Waals surface area contributed by atoms with Crippen molar-refractivity contribution in [1.29, 1.82) is 0 Å². The van der Waals surface area contributed by atoms with Crippen LogP contribution < -0.4 is 4.74 Å². The second-order valence-corrected chi connectivity index (χ2v) is 8.29. The van der Waals surface area contributed by atoms with Gasteiger partial charge in [0.25, 0.3) is 6.61 Å². The molecule has 1 aliphatic heterocycles. The number of hydrogen-bond acceptors (Lipinski definition) is 6. The summed E-state index contributed by atoms with van der Waals surface area (Å²) in [7, 11) is 0. The van der Waals surface area contributed by atoms with Crippen molar-refractivity contribution in [2.75, 3.05) is 6.61 Å². The Kier molecular flexibility index (Phi) is 3.63. The fraction of sp³-hybridized carbons (Fsp3) is 0.550. The lowest BCUT2D eigenvalue weighted by Gasteiger charge is -2.55. The Bertz CT molecular complexity index is 897. The van der Waals surface area contributed by atoms with Gasteiger partial charge in [0.15, 0.2) is 17.6 Å². The number of phenols is 1. The van der Waals surface area contributed by atoms with Crippen molar-refractivity contribution < 1.29 is 34.5 Å². The molecule has 0 saturated heterocycles. The molecule has 1 aromatic rings. The highest BCUT2D eigenvalue weighted by Crippen LogP contribution is 2.65. The molecule has 1 aromatic carbocycles. The SMILES string of the molecule is C[C@@H]1CC[C@]23c4c5ccc(O)c4O[C@H]2[C@@H](OC(=O)CO[N+](=O)O)C=CC3[C@H]1C5. The number of phenolic OH excluding ortho intramolecular Hbond substituents is 1. The number of rotatable bonds is 4. The van der Waals surface area contributed by atoms with Crippen LogP contribution in [0.5, 0.6) is 11.5 Å². The number of esters is 1. The van der Waals surface area contributed by atoms with Crippen molar-refractivity contribution in [2.45, 2.75) is 43.8 Å². The predicted octanol–water partition coefficient (Wildman–Crippen LogP) is 2.19. The molecule has 1 unspecified atom stereocenters. The van der Waals surface area contributed by atoms with Gasteiger partial charge in [0.05, 0.1) is 0 Å². The average Bonchev–Trinajstić information content (AvgIpc) is 3.01. The van der Waals surface area contributed by atoms with Crippen LogP contribution in [0.4, 0.5) is 0 Å². The summed E-state index contributed by atoms with van der Waals surface area (Å²) in [5.74, 6) is 1.14. The molecule has 1 spiro atoms. The number of carbonyl (C=O) groups excluding carboxylic acids is 1. The summed E-state index contributed by atoms with van der Waals surface area (Å²) in [4.78, 5) is 26.7. The maximum absolute atomic E-state index is 12.1. The summed E-state index contributed by atoms with van der Waals surface area (Å²) in [6, 6.07) is 3.66. The third-order valence-corrected chi connectivity index (χ3v) is 7.06. The molecule has 2 N–H and O–H groups in total. The average molecular weight is 388 g/mol. The van der Waals surface area contributed by atoms with Crippen molar-refractivity contribution in [3.8, 4) is 11.5 Å². The van der Waals surface area contributed by atoms with Crippen LogP contribution >= 0.6 is 0 Å². The van der Waals surface area contributed by atoms with E-state index in [2.05, 4.69) is 17.8 Å². The Labute approximate surface area is 161 Å². The summed E-state index contributed by atoms with van der Waals surface area (Å²) in [6.07, 6.45) is 5.75. The lowest BCUT2D eigenvalue weighted by Crippen LogP contribution is -2.60. The minimum absolute atomic E-state index is 0.106. The summed E-state index contributed by atoms with van der Waals surface area (Å²) in [6.45, 7) is 1.59. The molecule has 2 bridgehead atoms. The Morgan fingerprint density at radius 2 is 2.21 bits per heavy atom. The Morgan fingerprint density at radius 1 is 1.39 bits per heavy atom. The number of allylic oxidation sites excluding steroid dienone is 1. The van der Waals surface area contributed by atoms with Crippen molar-refractivity contribution in [1.82, 2.24) is 0 Å². The van der Waals surface area contributed by atoms with E-state index in [-0.39, 0.29) is 17.1 Å². The predicted molar refractivity (Wildman–Crippen MR) is 93.7 cm³/mol. The number of ether oxygens (including phenoxy) is 2. The van der Waals surface area contributed by atoms with Gasteiger partial charge in [0.2, 0.25) is 0 Å². The van der Waals surface area contributed by atoms with Gasteiger partial charge in [-0.15, -0.1) is 0 Å². The molecule has 0 radical (unpaired) electrons. The Morgan fingerprint density at radius 3 is 3.00 bits per heavy atom. The molecular formula is C20H22NO7+. The lowest BCUT2D eigenvalue weighted by atomic mass is 9.48. The number of nitrogens with zero attached hydrogens (tertiary/aromatic N) is 1. The van der Waals surface area contributed by atoms with Gasteiger partial charge in [-0.05, 0) is 54.7 Å². The van der Waals surface area contributed by atoms with Crippen LogP contribution in [0.2, 0.25) is 0 Å². The van der Waals surface area contributed by atoms with Gasteiger partial charge >= 0.3 is 11.1 Å². The van der Waals surface area contributed by atoms with Gasteiger partial charge in [-0.2, -0.15) is 4.84 Å². The van der Waals surface area contributed by atoms with Crippen LogP contribution in [0.25, 0.3) is 0 Å². The first-order valence-electron chi connectivity index (χ1n) is 9.60. The topological polar surface area (TPSA) is 105 Å². The van der Waals surface area contributed by atoms with Gasteiger partial charge in [-0.1, -0.05) is 19.1 Å². The maximum Gasteiger partial charge on any atom is 0.475 e. The van der Waals surface area contributed by atoms with E-state index >= 15 is 0 Å². The van der Waals surface area contributed by atoms with Crippen LogP contribution in [0.3, 0.4) is 0 Å². The zero-order valence-corrected chi connectivity index (χ0v) is 15.4. The Hall–Kier alpha value is -2.77. The van der Waals surface area contributed by atoms with E-state index < -0.39 is 29.9 Å². The molecular weight excluding hydrogens is 366 g/mol. The molecule has 1 heterocycles. The van der Waals surface area contributed by atoms with Crippen LogP contribution in [0, 0.1) is 22.7 Å². The number of carbonyl (C=O) groups is 1. The minimum Gasteiger partial charge on any atom is -0.504 e. The molecule has 0 aromatic heterocycles. The molecule has 6 atom stereocenters. The largest absolute Gasteiger partial charge is 0.504 e. The molecule has 1 fully saturated rings. The molecule has 8 nitrogen and oxygen atoms in total. The molecule has 8 heteroatoms. The normalized spacial score (nSPS) is 36.2. The summed E-state index contributed by atoms with van der Waals surface area (Å²) in [5, 5.41) is 18.2. The molecule has 28 heavy (non-hydrogen) atoms. The molecule has 4 aliphatic rings. The number of aromatic hydroxyl groups is 1. The Balaban J connectivity index is 1.55.